The number of halogens is 4. The number of alkyl halides is 3. The number of nitrogens with zero attached hydrogens (tertiary/aromatic N) is 1. The molecule has 230 valence electrons. The van der Waals surface area contributed by atoms with Gasteiger partial charge in [0.15, 0.2) is 0 Å². The zero-order valence-corrected chi connectivity index (χ0v) is 22.9. The molecule has 0 saturated carbocycles. The number of aliphatic carboxylic acids is 1. The Bertz CT molecular complexity index is 1610. The van der Waals surface area contributed by atoms with Gasteiger partial charge in [0.2, 0.25) is 0 Å². The number of aromatic nitrogens is 1. The minimum atomic E-state index is -4.86. The zero-order valence-electron chi connectivity index (χ0n) is 22.9. The molecule has 0 aliphatic heterocycles. The number of carboxylic acids is 1. The molecule has 3 N–H and O–H groups in total. The smallest absolute Gasteiger partial charge is 0.480 e. The molecule has 0 radical (unpaired) electrons. The van der Waals surface area contributed by atoms with Gasteiger partial charge in [-0.25, -0.2) is 14.0 Å². The van der Waals surface area contributed by atoms with E-state index in [2.05, 4.69) is 20.5 Å². The van der Waals surface area contributed by atoms with Gasteiger partial charge in [0, 0.05) is 28.7 Å². The third-order valence-corrected chi connectivity index (χ3v) is 6.31. The highest BCUT2D eigenvalue weighted by Crippen LogP contribution is 2.25. The number of carbonyl (C=O) groups excluding carboxylic acids is 2. The van der Waals surface area contributed by atoms with E-state index in [4.69, 9.17) is 9.26 Å². The number of hydrogen-bond donors (Lipinski definition) is 3. The van der Waals surface area contributed by atoms with Gasteiger partial charge >= 0.3 is 18.4 Å². The van der Waals surface area contributed by atoms with Gasteiger partial charge in [-0.2, -0.15) is 0 Å². The molecule has 0 aliphatic carbocycles. The van der Waals surface area contributed by atoms with Gasteiger partial charge in [0.1, 0.15) is 35.7 Å². The summed E-state index contributed by atoms with van der Waals surface area (Å²) in [5.41, 5.74) is 2.08. The Labute approximate surface area is 247 Å². The maximum atomic E-state index is 13.9. The van der Waals surface area contributed by atoms with Gasteiger partial charge in [-0.05, 0) is 42.8 Å². The number of carboxylic acid groups (broad SMARTS) is 1. The summed E-state index contributed by atoms with van der Waals surface area (Å²) in [6.45, 7) is 1.50. The molecule has 2 amide bonds. The van der Waals surface area contributed by atoms with Gasteiger partial charge in [0.25, 0.3) is 5.91 Å². The molecule has 44 heavy (non-hydrogen) atoms. The van der Waals surface area contributed by atoms with Crippen molar-refractivity contribution in [3.8, 4) is 17.0 Å². The van der Waals surface area contributed by atoms with Gasteiger partial charge in [-0.15, -0.1) is 13.2 Å². The van der Waals surface area contributed by atoms with Crippen LogP contribution in [0.4, 0.5) is 22.4 Å². The van der Waals surface area contributed by atoms with Crippen LogP contribution in [0.5, 0.6) is 5.75 Å². The summed E-state index contributed by atoms with van der Waals surface area (Å²) in [5.74, 6) is -3.00. The molecular weight excluding hydrogens is 590 g/mol. The Morgan fingerprint density at radius 2 is 1.68 bits per heavy atom. The van der Waals surface area contributed by atoms with E-state index >= 15 is 0 Å². The lowest BCUT2D eigenvalue weighted by Crippen LogP contribution is -2.42. The number of nitrogens with one attached hydrogen (secondary N) is 2. The minimum absolute atomic E-state index is 0.0342. The molecule has 4 aromatic rings. The van der Waals surface area contributed by atoms with E-state index in [9.17, 15) is 37.1 Å². The largest absolute Gasteiger partial charge is 0.573 e. The van der Waals surface area contributed by atoms with Gasteiger partial charge < -0.3 is 29.7 Å². The van der Waals surface area contributed by atoms with Crippen LogP contribution in [-0.2, 0) is 22.5 Å². The van der Waals surface area contributed by atoms with Crippen LogP contribution in [0, 0.1) is 5.82 Å². The number of hydrogen-bond acceptors (Lipinski definition) is 7. The number of ether oxygens (including phenoxy) is 2. The Morgan fingerprint density at radius 3 is 2.32 bits per heavy atom. The fourth-order valence-corrected chi connectivity index (χ4v) is 4.14. The lowest BCUT2D eigenvalue weighted by molar-refractivity contribution is -0.274. The van der Waals surface area contributed by atoms with Crippen molar-refractivity contribution in [2.45, 2.75) is 38.4 Å². The van der Waals surface area contributed by atoms with Crippen molar-refractivity contribution in [3.05, 3.63) is 107 Å². The van der Waals surface area contributed by atoms with Crippen LogP contribution in [0.15, 0.2) is 83.6 Å². The fourth-order valence-electron chi connectivity index (χ4n) is 4.14. The van der Waals surface area contributed by atoms with Gasteiger partial charge in [0.05, 0.1) is 6.54 Å². The first-order chi connectivity index (χ1) is 20.9. The molecule has 0 fully saturated rings. The molecule has 0 saturated heterocycles. The topological polar surface area (TPSA) is 140 Å². The molecule has 0 aliphatic rings. The van der Waals surface area contributed by atoms with E-state index in [0.717, 1.165) is 12.1 Å². The molecule has 2 unspecified atom stereocenters. The van der Waals surface area contributed by atoms with Crippen molar-refractivity contribution in [1.29, 1.82) is 0 Å². The predicted molar refractivity (Wildman–Crippen MR) is 146 cm³/mol. The second kappa shape index (κ2) is 13.7. The van der Waals surface area contributed by atoms with E-state index in [1.807, 2.05) is 0 Å². The molecule has 4 rings (SSSR count). The van der Waals surface area contributed by atoms with E-state index in [1.165, 1.54) is 55.7 Å². The first kappa shape index (κ1) is 31.5. The molecule has 14 heteroatoms. The van der Waals surface area contributed by atoms with Gasteiger partial charge in [-0.3, -0.25) is 4.79 Å². The molecule has 0 bridgehead atoms. The quantitative estimate of drug-likeness (QED) is 0.180. The third-order valence-electron chi connectivity index (χ3n) is 6.31. The maximum absolute atomic E-state index is 13.9. The maximum Gasteiger partial charge on any atom is 0.573 e. The lowest BCUT2D eigenvalue weighted by atomic mass is 10.0. The molecule has 0 spiro atoms. The van der Waals surface area contributed by atoms with Crippen LogP contribution in [0.1, 0.15) is 40.1 Å². The highest BCUT2D eigenvalue weighted by Gasteiger charge is 2.31. The number of amides is 2. The Kier molecular flexibility index (Phi) is 9.83. The van der Waals surface area contributed by atoms with Crippen LogP contribution < -0.4 is 15.4 Å². The van der Waals surface area contributed by atoms with Crippen LogP contribution in [0.25, 0.3) is 11.3 Å². The summed E-state index contributed by atoms with van der Waals surface area (Å²) in [7, 11) is 0. The highest BCUT2D eigenvalue weighted by molar-refractivity contribution is 5.97. The molecule has 1 aromatic heterocycles. The van der Waals surface area contributed by atoms with Crippen LogP contribution in [0.2, 0.25) is 0 Å². The zero-order chi connectivity index (χ0) is 31.9. The second-order valence-corrected chi connectivity index (χ2v) is 9.45. The Morgan fingerprint density at radius 1 is 1.00 bits per heavy atom. The van der Waals surface area contributed by atoms with E-state index in [1.54, 1.807) is 18.2 Å². The fraction of sp³-hybridized carbons (Fsp3) is 0.200. The van der Waals surface area contributed by atoms with Crippen LogP contribution in [-0.4, -0.2) is 40.6 Å². The van der Waals surface area contributed by atoms with Crippen molar-refractivity contribution in [2.24, 2.45) is 0 Å². The van der Waals surface area contributed by atoms with Crippen LogP contribution in [0.3, 0.4) is 0 Å². The van der Waals surface area contributed by atoms with E-state index < -0.39 is 48.0 Å². The second-order valence-electron chi connectivity index (χ2n) is 9.45. The van der Waals surface area contributed by atoms with E-state index in [-0.39, 0.29) is 24.1 Å². The van der Waals surface area contributed by atoms with Crippen molar-refractivity contribution >= 4 is 18.0 Å². The highest BCUT2D eigenvalue weighted by atomic mass is 19.4. The number of benzene rings is 3. The summed E-state index contributed by atoms with van der Waals surface area (Å²) in [6, 6.07) is 15.1. The monoisotopic (exact) mass is 615 g/mol. The Hall–Kier alpha value is -5.40. The van der Waals surface area contributed by atoms with Crippen LogP contribution >= 0.6 is 0 Å². The summed E-state index contributed by atoms with van der Waals surface area (Å²) in [5, 5.41) is 18.5. The molecule has 3 aromatic carbocycles. The standard InChI is InChI=1S/C30H25F4N3O7/c1-17(23-4-2-3-5-24(23)31)43-29(41)35-15-21-16-42-37-26(21)19-8-10-20(11-9-19)27(38)36-25(28(39)40)14-18-6-12-22(13-7-18)44-30(32,33)34/h2-13,16-17,25H,14-15H2,1H3,(H,35,41)(H,36,38)(H,39,40). The minimum Gasteiger partial charge on any atom is -0.480 e. The average molecular weight is 616 g/mol. The molecule has 10 nitrogen and oxygen atoms in total. The number of rotatable bonds is 11. The Balaban J connectivity index is 1.34. The lowest BCUT2D eigenvalue weighted by Gasteiger charge is -2.15. The average Bonchev–Trinajstić information content (AvgIpc) is 3.45. The van der Waals surface area contributed by atoms with Crippen molar-refractivity contribution in [1.82, 2.24) is 15.8 Å². The molecular formula is C30H25F4N3O7. The molecule has 2 atom stereocenters. The van der Waals surface area contributed by atoms with Crippen molar-refractivity contribution in [2.75, 3.05) is 0 Å². The summed E-state index contributed by atoms with van der Waals surface area (Å²) in [6.07, 6.45) is -5.37. The normalized spacial score (nSPS) is 12.6. The van der Waals surface area contributed by atoms with E-state index in [0.29, 0.717) is 22.4 Å². The van der Waals surface area contributed by atoms with Crippen molar-refractivity contribution in [3.63, 3.8) is 0 Å². The van der Waals surface area contributed by atoms with Crippen molar-refractivity contribution < 1.29 is 51.0 Å². The predicted octanol–water partition coefficient (Wildman–Crippen LogP) is 5.79. The summed E-state index contributed by atoms with van der Waals surface area (Å²) < 4.78 is 65.1. The SMILES string of the molecule is CC(OC(=O)NCc1conc1-c1ccc(C(=O)NC(Cc2ccc(OC(F)(F)F)cc2)C(=O)O)cc1)c1ccccc1F. The summed E-state index contributed by atoms with van der Waals surface area (Å²) >= 11 is 0. The first-order valence-corrected chi connectivity index (χ1v) is 13.0. The first-order valence-electron chi connectivity index (χ1n) is 13.0. The molecule has 1 heterocycles. The third kappa shape index (κ3) is 8.56. The summed E-state index contributed by atoms with van der Waals surface area (Å²) in [4.78, 5) is 36.8. The number of alkyl carbamates (subject to hydrolysis) is 1. The number of carbonyl (C=O) groups is 3. The van der Waals surface area contributed by atoms with Gasteiger partial charge in [-0.1, -0.05) is 47.6 Å².